The smallest absolute Gasteiger partial charge is 0.321 e. The van der Waals surface area contributed by atoms with Crippen molar-refractivity contribution in [1.29, 1.82) is 0 Å². The highest BCUT2D eigenvalue weighted by atomic mass is 19.1. The van der Waals surface area contributed by atoms with Gasteiger partial charge in [-0.3, -0.25) is 0 Å². The van der Waals surface area contributed by atoms with Crippen LogP contribution in [0.15, 0.2) is 66.7 Å². The Morgan fingerprint density at radius 1 is 0.938 bits per heavy atom. The second-order valence-corrected chi connectivity index (χ2v) is 7.23. The molecule has 0 aliphatic carbocycles. The zero-order valence-electron chi connectivity index (χ0n) is 18.4. The summed E-state index contributed by atoms with van der Waals surface area (Å²) in [5.74, 6) is 1.66. The molecule has 1 N–H and O–H groups in total. The van der Waals surface area contributed by atoms with Crippen LogP contribution in [-0.4, -0.2) is 38.7 Å². The first-order valence-electron chi connectivity index (χ1n) is 10.2. The summed E-state index contributed by atoms with van der Waals surface area (Å²) in [6, 6.07) is 18.8. The lowest BCUT2D eigenvalue weighted by atomic mass is 10.1. The van der Waals surface area contributed by atoms with Crippen LogP contribution in [0, 0.1) is 5.82 Å². The first kappa shape index (κ1) is 22.9. The third-order valence-electron chi connectivity index (χ3n) is 4.93. The lowest BCUT2D eigenvalue weighted by Gasteiger charge is -2.19. The molecule has 0 spiro atoms. The van der Waals surface area contributed by atoms with Gasteiger partial charge in [-0.2, -0.15) is 0 Å². The predicted molar refractivity (Wildman–Crippen MR) is 122 cm³/mol. The fraction of sp³-hybridized carbons (Fsp3) is 0.240. The number of urea groups is 1. The number of likely N-dealkylation sites (N-methyl/N-ethyl adjacent to an activating group) is 1. The van der Waals surface area contributed by atoms with E-state index in [1.54, 1.807) is 62.6 Å². The predicted octanol–water partition coefficient (Wildman–Crippen LogP) is 5.13. The molecule has 7 heteroatoms. The molecule has 3 aromatic rings. The van der Waals surface area contributed by atoms with E-state index in [0.717, 1.165) is 11.1 Å². The van der Waals surface area contributed by atoms with Gasteiger partial charge in [0.05, 0.1) is 14.2 Å². The summed E-state index contributed by atoms with van der Waals surface area (Å²) in [5.41, 5.74) is 2.53. The number of anilines is 1. The van der Waals surface area contributed by atoms with Gasteiger partial charge in [0.2, 0.25) is 0 Å². The molecule has 0 radical (unpaired) electrons. The first-order chi connectivity index (χ1) is 15.5. The van der Waals surface area contributed by atoms with Crippen molar-refractivity contribution in [3.63, 3.8) is 0 Å². The van der Waals surface area contributed by atoms with Crippen molar-refractivity contribution >= 4 is 11.7 Å². The van der Waals surface area contributed by atoms with Crippen LogP contribution in [0.2, 0.25) is 0 Å². The Balaban J connectivity index is 1.52. The molecule has 0 unspecified atom stereocenters. The maximum Gasteiger partial charge on any atom is 0.321 e. The molecule has 0 aromatic heterocycles. The summed E-state index contributed by atoms with van der Waals surface area (Å²) in [4.78, 5) is 14.2. The fourth-order valence-corrected chi connectivity index (χ4v) is 3.06. The number of hydrogen-bond donors (Lipinski definition) is 1. The van der Waals surface area contributed by atoms with Crippen molar-refractivity contribution in [3.8, 4) is 17.2 Å². The van der Waals surface area contributed by atoms with Crippen LogP contribution in [0.4, 0.5) is 14.9 Å². The van der Waals surface area contributed by atoms with E-state index in [2.05, 4.69) is 5.32 Å². The number of nitrogens with zero attached hydrogens (tertiary/aromatic N) is 1. The van der Waals surface area contributed by atoms with Gasteiger partial charge in [-0.25, -0.2) is 9.18 Å². The van der Waals surface area contributed by atoms with Gasteiger partial charge in [-0.15, -0.1) is 0 Å². The number of ether oxygens (including phenoxy) is 3. The quantitative estimate of drug-likeness (QED) is 0.503. The maximum atomic E-state index is 13.0. The Labute approximate surface area is 187 Å². The highest BCUT2D eigenvalue weighted by Gasteiger charge is 2.11. The molecule has 0 aliphatic heterocycles. The molecule has 0 atom stereocenters. The topological polar surface area (TPSA) is 60.0 Å². The van der Waals surface area contributed by atoms with E-state index >= 15 is 0 Å². The van der Waals surface area contributed by atoms with Gasteiger partial charge in [0.25, 0.3) is 0 Å². The normalized spacial score (nSPS) is 10.4. The summed E-state index contributed by atoms with van der Waals surface area (Å²) >= 11 is 0. The van der Waals surface area contributed by atoms with Gasteiger partial charge in [-0.05, 0) is 53.9 Å². The van der Waals surface area contributed by atoms with Crippen LogP contribution in [-0.2, 0) is 13.0 Å². The minimum atomic E-state index is -0.284. The molecule has 0 saturated carbocycles. The lowest BCUT2D eigenvalue weighted by molar-refractivity contribution is 0.223. The molecule has 0 saturated heterocycles. The number of carbonyl (C=O) groups excluding carboxylic acids is 1. The number of benzene rings is 3. The average Bonchev–Trinajstić information content (AvgIpc) is 2.82. The van der Waals surface area contributed by atoms with Gasteiger partial charge in [-0.1, -0.05) is 24.3 Å². The molecule has 0 aliphatic rings. The molecule has 32 heavy (non-hydrogen) atoms. The zero-order chi connectivity index (χ0) is 22.9. The largest absolute Gasteiger partial charge is 0.493 e. The second-order valence-electron chi connectivity index (χ2n) is 7.23. The number of halogens is 1. The Bertz CT molecular complexity index is 1040. The molecular formula is C25H27FN2O4. The molecule has 0 fully saturated rings. The van der Waals surface area contributed by atoms with Crippen LogP contribution in [0.5, 0.6) is 17.2 Å². The van der Waals surface area contributed by atoms with Crippen molar-refractivity contribution < 1.29 is 23.4 Å². The SMILES string of the molecule is COc1ccc(CCN(C)C(=O)Nc2cccc(OCc3ccc(F)cc3)c2)cc1OC. The molecule has 0 heterocycles. The number of nitrogens with one attached hydrogen (secondary N) is 1. The van der Waals surface area contributed by atoms with Crippen LogP contribution in [0.25, 0.3) is 0 Å². The van der Waals surface area contributed by atoms with Gasteiger partial charge in [0.1, 0.15) is 18.2 Å². The van der Waals surface area contributed by atoms with Gasteiger partial charge in [0.15, 0.2) is 11.5 Å². The molecule has 168 valence electrons. The van der Waals surface area contributed by atoms with Crippen LogP contribution < -0.4 is 19.5 Å². The molecule has 0 bridgehead atoms. The van der Waals surface area contributed by atoms with E-state index in [4.69, 9.17) is 14.2 Å². The Morgan fingerprint density at radius 2 is 1.66 bits per heavy atom. The number of amides is 2. The maximum absolute atomic E-state index is 13.0. The minimum absolute atomic E-state index is 0.221. The van der Waals surface area contributed by atoms with Crippen molar-refractivity contribution in [2.75, 3.05) is 33.1 Å². The second kappa shape index (κ2) is 11.0. The van der Waals surface area contributed by atoms with Crippen molar-refractivity contribution in [2.45, 2.75) is 13.0 Å². The van der Waals surface area contributed by atoms with Crippen LogP contribution in [0.1, 0.15) is 11.1 Å². The molecule has 3 rings (SSSR count). The number of hydrogen-bond acceptors (Lipinski definition) is 4. The third kappa shape index (κ3) is 6.38. The summed E-state index contributed by atoms with van der Waals surface area (Å²) < 4.78 is 29.3. The van der Waals surface area contributed by atoms with Crippen LogP contribution >= 0.6 is 0 Å². The Kier molecular flexibility index (Phi) is 7.91. The van der Waals surface area contributed by atoms with Crippen molar-refractivity contribution in [1.82, 2.24) is 4.90 Å². The lowest BCUT2D eigenvalue weighted by Crippen LogP contribution is -2.33. The number of carbonyl (C=O) groups is 1. The molecule has 6 nitrogen and oxygen atoms in total. The Hall–Kier alpha value is -3.74. The van der Waals surface area contributed by atoms with E-state index in [9.17, 15) is 9.18 Å². The van der Waals surface area contributed by atoms with Gasteiger partial charge < -0.3 is 24.4 Å². The highest BCUT2D eigenvalue weighted by Crippen LogP contribution is 2.27. The standard InChI is InChI=1S/C25H27FN2O4/c1-28(14-13-18-9-12-23(30-2)24(15-18)31-3)25(29)27-21-5-4-6-22(16-21)32-17-19-7-10-20(26)11-8-19/h4-12,15-16H,13-14,17H2,1-3H3,(H,27,29). The molecular weight excluding hydrogens is 411 g/mol. The summed E-state index contributed by atoms with van der Waals surface area (Å²) in [7, 11) is 4.93. The third-order valence-corrected chi connectivity index (χ3v) is 4.93. The fourth-order valence-electron chi connectivity index (χ4n) is 3.06. The summed E-state index contributed by atoms with van der Waals surface area (Å²) in [6.07, 6.45) is 0.672. The number of methoxy groups -OCH3 is 2. The van der Waals surface area contributed by atoms with E-state index in [-0.39, 0.29) is 11.8 Å². The monoisotopic (exact) mass is 438 g/mol. The van der Waals surface area contributed by atoms with E-state index in [0.29, 0.717) is 42.5 Å². The van der Waals surface area contributed by atoms with E-state index < -0.39 is 0 Å². The van der Waals surface area contributed by atoms with Crippen LogP contribution in [0.3, 0.4) is 0 Å². The average molecular weight is 438 g/mol. The van der Waals surface area contributed by atoms with E-state index in [1.165, 1.54) is 12.1 Å². The van der Waals surface area contributed by atoms with Gasteiger partial charge in [0, 0.05) is 25.3 Å². The molecule has 2 amide bonds. The van der Waals surface area contributed by atoms with Crippen molar-refractivity contribution in [2.24, 2.45) is 0 Å². The minimum Gasteiger partial charge on any atom is -0.493 e. The molecule has 3 aromatic carbocycles. The zero-order valence-corrected chi connectivity index (χ0v) is 18.4. The first-order valence-corrected chi connectivity index (χ1v) is 10.2. The van der Waals surface area contributed by atoms with E-state index in [1.807, 2.05) is 18.2 Å². The van der Waals surface area contributed by atoms with Crippen molar-refractivity contribution in [3.05, 3.63) is 83.7 Å². The highest BCUT2D eigenvalue weighted by molar-refractivity contribution is 5.89. The number of rotatable bonds is 9. The summed E-state index contributed by atoms with van der Waals surface area (Å²) in [5, 5.41) is 2.88. The Morgan fingerprint density at radius 3 is 2.38 bits per heavy atom. The van der Waals surface area contributed by atoms with Gasteiger partial charge >= 0.3 is 6.03 Å². The summed E-state index contributed by atoms with van der Waals surface area (Å²) in [6.45, 7) is 0.838.